The van der Waals surface area contributed by atoms with Gasteiger partial charge in [-0.05, 0) is 0 Å². The van der Waals surface area contributed by atoms with Crippen molar-refractivity contribution in [3.05, 3.63) is 23.8 Å². The zero-order valence-electron chi connectivity index (χ0n) is 9.11. The Morgan fingerprint density at radius 1 is 1.41 bits per heavy atom. The number of aliphatic hydroxyl groups excluding tert-OH is 1. The molecule has 0 radical (unpaired) electrons. The number of β-amino-alcohol motifs (C(OH)–C–C–N with tert-alkyl or cyclic N) is 1. The number of rotatable bonds is 2. The van der Waals surface area contributed by atoms with Crippen LogP contribution in [0.5, 0.6) is 5.75 Å². The van der Waals surface area contributed by atoms with Crippen LogP contribution in [0, 0.1) is 11.6 Å². The molecular formula is C11H11F2NO3. The Morgan fingerprint density at radius 3 is 2.41 bits per heavy atom. The number of amides is 1. The van der Waals surface area contributed by atoms with Gasteiger partial charge in [0.05, 0.1) is 26.2 Å². The topological polar surface area (TPSA) is 49.8 Å². The monoisotopic (exact) mass is 243 g/mol. The smallest absolute Gasteiger partial charge is 0.229 e. The lowest BCUT2D eigenvalue weighted by molar-refractivity contribution is -0.117. The maximum Gasteiger partial charge on any atom is 0.229 e. The van der Waals surface area contributed by atoms with E-state index in [1.165, 1.54) is 7.11 Å². The first-order chi connectivity index (χ1) is 8.02. The Balaban J connectivity index is 2.42. The first kappa shape index (κ1) is 11.8. The van der Waals surface area contributed by atoms with E-state index in [1.54, 1.807) is 0 Å². The molecule has 2 rings (SSSR count). The fourth-order valence-electron chi connectivity index (χ4n) is 1.82. The highest BCUT2D eigenvalue weighted by Crippen LogP contribution is 2.30. The van der Waals surface area contributed by atoms with Gasteiger partial charge in [-0.15, -0.1) is 0 Å². The number of aliphatic hydroxyl groups is 1. The van der Waals surface area contributed by atoms with Gasteiger partial charge in [0, 0.05) is 12.1 Å². The first-order valence-electron chi connectivity index (χ1n) is 5.04. The van der Waals surface area contributed by atoms with Gasteiger partial charge in [-0.25, -0.2) is 8.78 Å². The SMILES string of the molecule is COc1cc(F)c(N2CC(O)CC2=O)c(F)c1. The maximum atomic E-state index is 13.7. The number of anilines is 1. The van der Waals surface area contributed by atoms with Crippen molar-refractivity contribution in [3.63, 3.8) is 0 Å². The zero-order chi connectivity index (χ0) is 12.6. The lowest BCUT2D eigenvalue weighted by atomic mass is 10.2. The Kier molecular flexibility index (Phi) is 2.97. The third-order valence-corrected chi connectivity index (χ3v) is 2.60. The summed E-state index contributed by atoms with van der Waals surface area (Å²) >= 11 is 0. The fourth-order valence-corrected chi connectivity index (χ4v) is 1.82. The van der Waals surface area contributed by atoms with Crippen molar-refractivity contribution in [2.24, 2.45) is 0 Å². The number of benzene rings is 1. The fraction of sp³-hybridized carbons (Fsp3) is 0.364. The third-order valence-electron chi connectivity index (χ3n) is 2.60. The maximum absolute atomic E-state index is 13.7. The van der Waals surface area contributed by atoms with Gasteiger partial charge in [-0.2, -0.15) is 0 Å². The van der Waals surface area contributed by atoms with E-state index in [-0.39, 0.29) is 18.7 Å². The van der Waals surface area contributed by atoms with Gasteiger partial charge in [-0.3, -0.25) is 4.79 Å². The molecule has 1 heterocycles. The second-order valence-corrected chi connectivity index (χ2v) is 3.80. The summed E-state index contributed by atoms with van der Waals surface area (Å²) in [4.78, 5) is 12.4. The van der Waals surface area contributed by atoms with Crippen LogP contribution in [0.3, 0.4) is 0 Å². The van der Waals surface area contributed by atoms with Gasteiger partial charge in [-0.1, -0.05) is 0 Å². The second-order valence-electron chi connectivity index (χ2n) is 3.80. The average Bonchev–Trinajstić information content (AvgIpc) is 2.57. The molecule has 1 unspecified atom stereocenters. The Bertz CT molecular complexity index is 441. The summed E-state index contributed by atoms with van der Waals surface area (Å²) < 4.78 is 32.0. The Hall–Kier alpha value is -1.69. The van der Waals surface area contributed by atoms with Crippen LogP contribution in [0.1, 0.15) is 6.42 Å². The van der Waals surface area contributed by atoms with Gasteiger partial charge < -0.3 is 14.7 Å². The zero-order valence-corrected chi connectivity index (χ0v) is 9.11. The molecule has 1 saturated heterocycles. The molecule has 1 N–H and O–H groups in total. The molecule has 1 atom stereocenters. The van der Waals surface area contributed by atoms with Gasteiger partial charge in [0.25, 0.3) is 0 Å². The van der Waals surface area contributed by atoms with Gasteiger partial charge in [0.1, 0.15) is 11.4 Å². The molecular weight excluding hydrogens is 232 g/mol. The van der Waals surface area contributed by atoms with E-state index >= 15 is 0 Å². The molecule has 0 spiro atoms. The molecule has 17 heavy (non-hydrogen) atoms. The van der Waals surface area contributed by atoms with E-state index in [2.05, 4.69) is 0 Å². The van der Waals surface area contributed by atoms with E-state index in [4.69, 9.17) is 4.74 Å². The third kappa shape index (κ3) is 2.08. The number of nitrogens with zero attached hydrogens (tertiary/aromatic N) is 1. The number of hydrogen-bond donors (Lipinski definition) is 1. The number of hydrogen-bond acceptors (Lipinski definition) is 3. The van der Waals surface area contributed by atoms with Gasteiger partial charge >= 0.3 is 0 Å². The van der Waals surface area contributed by atoms with Gasteiger partial charge in [0.2, 0.25) is 5.91 Å². The van der Waals surface area contributed by atoms with Crippen LogP contribution in [-0.4, -0.2) is 30.8 Å². The summed E-state index contributed by atoms with van der Waals surface area (Å²) in [6.07, 6.45) is -1.01. The minimum Gasteiger partial charge on any atom is -0.497 e. The van der Waals surface area contributed by atoms with Crippen LogP contribution in [0.4, 0.5) is 14.5 Å². The van der Waals surface area contributed by atoms with Crippen molar-refractivity contribution in [1.82, 2.24) is 0 Å². The molecule has 4 nitrogen and oxygen atoms in total. The predicted molar refractivity (Wildman–Crippen MR) is 55.9 cm³/mol. The van der Waals surface area contributed by atoms with Crippen LogP contribution in [0.15, 0.2) is 12.1 Å². The molecule has 6 heteroatoms. The van der Waals surface area contributed by atoms with Gasteiger partial charge in [0.15, 0.2) is 11.6 Å². The molecule has 1 amide bonds. The van der Waals surface area contributed by atoms with Crippen molar-refractivity contribution in [3.8, 4) is 5.75 Å². The second kappa shape index (κ2) is 4.29. The normalized spacial score (nSPS) is 19.9. The summed E-state index contributed by atoms with van der Waals surface area (Å²) in [5, 5.41) is 9.28. The minimum absolute atomic E-state index is 0.0379. The molecule has 0 saturated carbocycles. The van der Waals surface area contributed by atoms with Crippen molar-refractivity contribution in [2.45, 2.75) is 12.5 Å². The van der Waals surface area contributed by atoms with Crippen LogP contribution < -0.4 is 9.64 Å². The summed E-state index contributed by atoms with van der Waals surface area (Å²) in [5.74, 6) is -2.23. The molecule has 92 valence electrons. The highest BCUT2D eigenvalue weighted by molar-refractivity contribution is 5.96. The number of carbonyl (C=O) groups excluding carboxylic acids is 1. The Labute approximate surface area is 96.4 Å². The molecule has 1 aromatic rings. The first-order valence-corrected chi connectivity index (χ1v) is 5.04. The highest BCUT2D eigenvalue weighted by atomic mass is 19.1. The summed E-state index contributed by atoms with van der Waals surface area (Å²) in [6, 6.07) is 1.99. The van der Waals surface area contributed by atoms with Crippen molar-refractivity contribution in [1.29, 1.82) is 0 Å². The van der Waals surface area contributed by atoms with Crippen molar-refractivity contribution < 1.29 is 23.4 Å². The molecule has 1 aromatic carbocycles. The molecule has 0 bridgehead atoms. The summed E-state index contributed by atoms with van der Waals surface area (Å²) in [5.41, 5.74) is -0.438. The van der Waals surface area contributed by atoms with E-state index in [9.17, 15) is 18.7 Å². The van der Waals surface area contributed by atoms with Crippen LogP contribution in [0.2, 0.25) is 0 Å². The van der Waals surface area contributed by atoms with Crippen LogP contribution in [0.25, 0.3) is 0 Å². The minimum atomic E-state index is -0.886. The standard InChI is InChI=1S/C11H11F2NO3/c1-17-7-3-8(12)11(9(13)4-7)14-5-6(15)2-10(14)16/h3-4,6,15H,2,5H2,1H3. The quantitative estimate of drug-likeness (QED) is 0.845. The van der Waals surface area contributed by atoms with E-state index in [1.807, 2.05) is 0 Å². The van der Waals surface area contributed by atoms with Crippen molar-refractivity contribution in [2.75, 3.05) is 18.6 Å². The number of ether oxygens (including phenoxy) is 1. The average molecular weight is 243 g/mol. The molecule has 1 fully saturated rings. The van der Waals surface area contributed by atoms with E-state index in [0.717, 1.165) is 17.0 Å². The lowest BCUT2D eigenvalue weighted by Gasteiger charge is -2.18. The van der Waals surface area contributed by atoms with E-state index in [0.29, 0.717) is 0 Å². The molecule has 0 aromatic heterocycles. The molecule has 0 aliphatic carbocycles. The number of halogens is 2. The van der Waals surface area contributed by atoms with Crippen LogP contribution >= 0.6 is 0 Å². The molecule has 1 aliphatic heterocycles. The highest BCUT2D eigenvalue weighted by Gasteiger charge is 2.32. The summed E-state index contributed by atoms with van der Waals surface area (Å²) in [6.45, 7) is -0.0982. The molecule has 1 aliphatic rings. The van der Waals surface area contributed by atoms with Crippen molar-refractivity contribution >= 4 is 11.6 Å². The largest absolute Gasteiger partial charge is 0.497 e. The van der Waals surface area contributed by atoms with Crippen LogP contribution in [-0.2, 0) is 4.79 Å². The lowest BCUT2D eigenvalue weighted by Crippen LogP contribution is -2.27. The number of carbonyl (C=O) groups is 1. The Morgan fingerprint density at radius 2 is 2.00 bits per heavy atom. The summed E-state index contributed by atoms with van der Waals surface area (Å²) in [7, 11) is 1.29. The number of methoxy groups -OCH3 is 1. The van der Waals surface area contributed by atoms with E-state index < -0.39 is 29.3 Å². The predicted octanol–water partition coefficient (Wildman–Crippen LogP) is 1.07.